The first-order valence-corrected chi connectivity index (χ1v) is 4.28. The van der Waals surface area contributed by atoms with Gasteiger partial charge in [-0.15, -0.1) is 0 Å². The Kier molecular flexibility index (Phi) is 2.80. The summed E-state index contributed by atoms with van der Waals surface area (Å²) in [6, 6.07) is 0. The van der Waals surface area contributed by atoms with Crippen molar-refractivity contribution in [3.05, 3.63) is 11.6 Å². The van der Waals surface area contributed by atoms with Crippen LogP contribution in [0, 0.1) is 5.92 Å². The molecular weight excluding hydrogens is 165 g/mol. The van der Waals surface area contributed by atoms with Crippen LogP contribution in [0.1, 0.15) is 32.6 Å². The third-order valence-corrected chi connectivity index (χ3v) is 2.42. The lowest BCUT2D eigenvalue weighted by molar-refractivity contribution is -0.176. The van der Waals surface area contributed by atoms with Gasteiger partial charge in [0.05, 0.1) is 5.92 Å². The molecule has 0 aromatic rings. The molecule has 70 valence electrons. The van der Waals surface area contributed by atoms with Crippen molar-refractivity contribution in [3.63, 3.8) is 0 Å². The van der Waals surface area contributed by atoms with Gasteiger partial charge < -0.3 is 0 Å². The molecule has 0 radical (unpaired) electrons. The molecule has 1 aliphatic rings. The molecule has 12 heavy (non-hydrogen) atoms. The summed E-state index contributed by atoms with van der Waals surface area (Å²) in [5, 5.41) is 0. The number of allylic oxidation sites excluding steroid dienone is 2. The van der Waals surface area contributed by atoms with Crippen LogP contribution >= 0.6 is 0 Å². The van der Waals surface area contributed by atoms with Crippen LogP contribution in [0.5, 0.6) is 0 Å². The molecule has 0 saturated carbocycles. The van der Waals surface area contributed by atoms with Crippen LogP contribution in [0.2, 0.25) is 0 Å². The highest BCUT2D eigenvalue weighted by atomic mass is 19.4. The lowest BCUT2D eigenvalue weighted by atomic mass is 9.88. The molecule has 0 heterocycles. The Bertz CT molecular complexity index is 179. The van der Waals surface area contributed by atoms with Gasteiger partial charge in [0.1, 0.15) is 0 Å². The first-order valence-electron chi connectivity index (χ1n) is 4.28. The molecule has 0 fully saturated rings. The fourth-order valence-electron chi connectivity index (χ4n) is 1.51. The lowest BCUT2D eigenvalue weighted by Gasteiger charge is -2.23. The van der Waals surface area contributed by atoms with Crippen LogP contribution in [0.25, 0.3) is 0 Å². The maximum absolute atomic E-state index is 12.1. The molecule has 0 nitrogen and oxygen atoms in total. The molecule has 0 unspecified atom stereocenters. The summed E-state index contributed by atoms with van der Waals surface area (Å²) in [5.41, 5.74) is 1.18. The monoisotopic (exact) mass is 178 g/mol. The fraction of sp³-hybridized carbons (Fsp3) is 0.778. The number of halogens is 3. The highest BCUT2D eigenvalue weighted by molar-refractivity contribution is 5.06. The summed E-state index contributed by atoms with van der Waals surface area (Å²) in [4.78, 5) is 0. The Hall–Kier alpha value is -0.470. The first kappa shape index (κ1) is 9.62. The summed E-state index contributed by atoms with van der Waals surface area (Å²) >= 11 is 0. The van der Waals surface area contributed by atoms with Gasteiger partial charge in [-0.25, -0.2) is 0 Å². The van der Waals surface area contributed by atoms with Crippen LogP contribution in [0.15, 0.2) is 11.6 Å². The van der Waals surface area contributed by atoms with Crippen LogP contribution in [0.4, 0.5) is 13.2 Å². The lowest BCUT2D eigenvalue weighted by Crippen LogP contribution is -2.24. The van der Waals surface area contributed by atoms with Crippen LogP contribution in [-0.2, 0) is 0 Å². The van der Waals surface area contributed by atoms with E-state index in [-0.39, 0.29) is 12.8 Å². The number of rotatable bonds is 1. The molecule has 1 atom stereocenters. The Morgan fingerprint density at radius 1 is 1.50 bits per heavy atom. The predicted molar refractivity (Wildman–Crippen MR) is 41.8 cm³/mol. The van der Waals surface area contributed by atoms with E-state index in [9.17, 15) is 13.2 Å². The molecule has 3 heteroatoms. The molecular formula is C9H13F3. The molecule has 0 aromatic carbocycles. The molecule has 1 aliphatic carbocycles. The molecule has 0 saturated heterocycles. The van der Waals surface area contributed by atoms with Gasteiger partial charge in [-0.05, 0) is 25.7 Å². The van der Waals surface area contributed by atoms with E-state index in [0.29, 0.717) is 6.42 Å². The van der Waals surface area contributed by atoms with Crippen molar-refractivity contribution in [1.29, 1.82) is 0 Å². The Morgan fingerprint density at radius 2 is 2.17 bits per heavy atom. The zero-order valence-electron chi connectivity index (χ0n) is 7.12. The van der Waals surface area contributed by atoms with Gasteiger partial charge in [0.15, 0.2) is 0 Å². The van der Waals surface area contributed by atoms with Crippen LogP contribution in [-0.4, -0.2) is 6.18 Å². The van der Waals surface area contributed by atoms with Gasteiger partial charge in [-0.3, -0.25) is 0 Å². The van der Waals surface area contributed by atoms with Gasteiger partial charge in [0, 0.05) is 0 Å². The van der Waals surface area contributed by atoms with Gasteiger partial charge >= 0.3 is 6.18 Å². The maximum Gasteiger partial charge on any atom is 0.392 e. The van der Waals surface area contributed by atoms with E-state index in [2.05, 4.69) is 0 Å². The Labute approximate surface area is 70.5 Å². The van der Waals surface area contributed by atoms with E-state index in [1.165, 1.54) is 5.57 Å². The molecule has 0 aliphatic heterocycles. The number of hydrogen-bond acceptors (Lipinski definition) is 0. The predicted octanol–water partition coefficient (Wildman–Crippen LogP) is 3.69. The SMILES string of the molecule is CCC1=CC[C@@H](C(F)(F)F)CC1. The summed E-state index contributed by atoms with van der Waals surface area (Å²) < 4.78 is 36.4. The third-order valence-electron chi connectivity index (χ3n) is 2.42. The zero-order chi connectivity index (χ0) is 9.19. The highest BCUT2D eigenvalue weighted by Gasteiger charge is 2.39. The van der Waals surface area contributed by atoms with Crippen molar-refractivity contribution >= 4 is 0 Å². The van der Waals surface area contributed by atoms with Crippen molar-refractivity contribution in [2.45, 2.75) is 38.8 Å². The van der Waals surface area contributed by atoms with Crippen molar-refractivity contribution in [2.24, 2.45) is 5.92 Å². The largest absolute Gasteiger partial charge is 0.392 e. The van der Waals surface area contributed by atoms with Gasteiger partial charge in [-0.2, -0.15) is 13.2 Å². The van der Waals surface area contributed by atoms with E-state index in [0.717, 1.165) is 6.42 Å². The normalized spacial score (nSPS) is 25.3. The number of hydrogen-bond donors (Lipinski definition) is 0. The average molecular weight is 178 g/mol. The van der Waals surface area contributed by atoms with Crippen molar-refractivity contribution in [2.75, 3.05) is 0 Å². The summed E-state index contributed by atoms with van der Waals surface area (Å²) in [5.74, 6) is -1.09. The number of alkyl halides is 3. The standard InChI is InChI=1S/C9H13F3/c1-2-7-3-5-8(6-4-7)9(10,11)12/h3,8H,2,4-6H2,1H3/t8-/m1/s1. The topological polar surface area (TPSA) is 0 Å². The van der Waals surface area contributed by atoms with E-state index in [1.54, 1.807) is 6.08 Å². The molecule has 1 rings (SSSR count). The highest BCUT2D eigenvalue weighted by Crippen LogP contribution is 2.37. The second-order valence-corrected chi connectivity index (χ2v) is 3.23. The second kappa shape index (κ2) is 3.50. The van der Waals surface area contributed by atoms with Crippen LogP contribution in [0.3, 0.4) is 0 Å². The molecule has 0 spiro atoms. The zero-order valence-corrected chi connectivity index (χ0v) is 7.12. The summed E-state index contributed by atoms with van der Waals surface area (Å²) in [6.07, 6.45) is -0.251. The molecule has 0 aromatic heterocycles. The van der Waals surface area contributed by atoms with Crippen molar-refractivity contribution in [1.82, 2.24) is 0 Å². The quantitative estimate of drug-likeness (QED) is 0.537. The Balaban J connectivity index is 2.52. The Morgan fingerprint density at radius 3 is 2.50 bits per heavy atom. The summed E-state index contributed by atoms with van der Waals surface area (Å²) in [6.45, 7) is 1.99. The fourth-order valence-corrected chi connectivity index (χ4v) is 1.51. The van der Waals surface area contributed by atoms with E-state index in [1.807, 2.05) is 6.92 Å². The second-order valence-electron chi connectivity index (χ2n) is 3.23. The van der Waals surface area contributed by atoms with Gasteiger partial charge in [-0.1, -0.05) is 18.6 Å². The average Bonchev–Trinajstić information content (AvgIpc) is 2.03. The van der Waals surface area contributed by atoms with E-state index < -0.39 is 12.1 Å². The minimum absolute atomic E-state index is 0.187. The minimum atomic E-state index is -3.99. The van der Waals surface area contributed by atoms with Crippen molar-refractivity contribution < 1.29 is 13.2 Å². The van der Waals surface area contributed by atoms with Crippen LogP contribution < -0.4 is 0 Å². The minimum Gasteiger partial charge on any atom is -0.171 e. The van der Waals surface area contributed by atoms with Crippen molar-refractivity contribution in [3.8, 4) is 0 Å². The molecule has 0 amide bonds. The van der Waals surface area contributed by atoms with Gasteiger partial charge in [0.2, 0.25) is 0 Å². The molecule has 0 N–H and O–H groups in total. The smallest absolute Gasteiger partial charge is 0.171 e. The maximum atomic E-state index is 12.1. The first-order chi connectivity index (χ1) is 5.54. The van der Waals surface area contributed by atoms with E-state index in [4.69, 9.17) is 0 Å². The third kappa shape index (κ3) is 2.26. The van der Waals surface area contributed by atoms with Gasteiger partial charge in [0.25, 0.3) is 0 Å². The molecule has 0 bridgehead atoms. The summed E-state index contributed by atoms with van der Waals surface area (Å²) in [7, 11) is 0. The van der Waals surface area contributed by atoms with E-state index >= 15 is 0 Å².